The number of rotatable bonds is 2. The van der Waals surface area contributed by atoms with Crippen LogP contribution >= 0.6 is 43.6 Å². The second-order valence-corrected chi connectivity index (χ2v) is 5.88. The fourth-order valence-corrected chi connectivity index (χ4v) is 3.02. The number of anilines is 1. The van der Waals surface area contributed by atoms with Gasteiger partial charge in [0.25, 0.3) is 0 Å². The first-order valence-corrected chi connectivity index (χ1v) is 6.90. The van der Waals surface area contributed by atoms with Crippen molar-refractivity contribution in [3.8, 4) is 0 Å². The molecule has 0 atom stereocenters. The van der Waals surface area contributed by atoms with Gasteiger partial charge in [-0.05, 0) is 46.3 Å². The first-order valence-electron chi connectivity index (χ1n) is 4.50. The lowest BCUT2D eigenvalue weighted by Crippen LogP contribution is -1.89. The number of halogens is 2. The minimum Gasteiger partial charge on any atom is -0.398 e. The predicted octanol–water partition coefficient (Wildman–Crippen LogP) is 4.34. The van der Waals surface area contributed by atoms with Gasteiger partial charge in [-0.25, -0.2) is 4.98 Å². The van der Waals surface area contributed by atoms with Crippen LogP contribution in [-0.4, -0.2) is 4.98 Å². The smallest absolute Gasteiger partial charge is 0.115 e. The zero-order chi connectivity index (χ0) is 11.5. The van der Waals surface area contributed by atoms with E-state index in [1.165, 1.54) is 0 Å². The average molecular weight is 360 g/mol. The van der Waals surface area contributed by atoms with Crippen LogP contribution in [0.25, 0.3) is 0 Å². The van der Waals surface area contributed by atoms with Crippen molar-refractivity contribution in [2.24, 2.45) is 0 Å². The summed E-state index contributed by atoms with van der Waals surface area (Å²) in [6, 6.07) is 9.64. The van der Waals surface area contributed by atoms with Gasteiger partial charge in [-0.3, -0.25) is 0 Å². The number of aromatic nitrogens is 1. The highest BCUT2D eigenvalue weighted by atomic mass is 79.9. The summed E-state index contributed by atoms with van der Waals surface area (Å²) in [4.78, 5) is 5.28. The molecule has 0 amide bonds. The largest absolute Gasteiger partial charge is 0.398 e. The molecule has 2 N–H and O–H groups in total. The van der Waals surface area contributed by atoms with Crippen molar-refractivity contribution >= 4 is 49.3 Å². The Bertz CT molecular complexity index is 517. The highest BCUT2D eigenvalue weighted by Crippen LogP contribution is 2.36. The van der Waals surface area contributed by atoms with Crippen molar-refractivity contribution in [3.63, 3.8) is 0 Å². The zero-order valence-electron chi connectivity index (χ0n) is 8.15. The van der Waals surface area contributed by atoms with Crippen molar-refractivity contribution in [2.45, 2.75) is 9.92 Å². The van der Waals surface area contributed by atoms with E-state index in [2.05, 4.69) is 36.8 Å². The van der Waals surface area contributed by atoms with E-state index in [4.69, 9.17) is 5.73 Å². The molecular formula is C11H8Br2N2S. The van der Waals surface area contributed by atoms with Gasteiger partial charge in [0.15, 0.2) is 0 Å². The Kier molecular flexibility index (Phi) is 3.89. The van der Waals surface area contributed by atoms with Crippen molar-refractivity contribution in [3.05, 3.63) is 45.5 Å². The molecule has 2 aromatic rings. The van der Waals surface area contributed by atoms with Crippen LogP contribution in [0.1, 0.15) is 0 Å². The standard InChI is InChI=1S/C11H8Br2N2S/c12-7-3-4-9(14)10(6-7)16-11-8(13)2-1-5-15-11/h1-6H,14H2. The molecule has 0 bridgehead atoms. The van der Waals surface area contributed by atoms with E-state index in [1.807, 2.05) is 30.3 Å². The van der Waals surface area contributed by atoms with E-state index in [-0.39, 0.29) is 0 Å². The van der Waals surface area contributed by atoms with Crippen LogP contribution in [0.4, 0.5) is 5.69 Å². The monoisotopic (exact) mass is 358 g/mol. The minimum atomic E-state index is 0.755. The summed E-state index contributed by atoms with van der Waals surface area (Å²) >= 11 is 8.43. The zero-order valence-corrected chi connectivity index (χ0v) is 12.1. The Morgan fingerprint density at radius 2 is 2.00 bits per heavy atom. The van der Waals surface area contributed by atoms with Gasteiger partial charge in [0.05, 0.1) is 4.47 Å². The molecular weight excluding hydrogens is 352 g/mol. The summed E-state index contributed by atoms with van der Waals surface area (Å²) in [6.45, 7) is 0. The summed E-state index contributed by atoms with van der Waals surface area (Å²) in [6.07, 6.45) is 1.77. The molecule has 1 aromatic heterocycles. The van der Waals surface area contributed by atoms with E-state index in [0.29, 0.717) is 0 Å². The van der Waals surface area contributed by atoms with Gasteiger partial charge in [-0.2, -0.15) is 0 Å². The SMILES string of the molecule is Nc1ccc(Br)cc1Sc1ncccc1Br. The number of nitrogens with zero attached hydrogens (tertiary/aromatic N) is 1. The predicted molar refractivity (Wildman–Crippen MR) is 74.6 cm³/mol. The van der Waals surface area contributed by atoms with Crippen LogP contribution in [0.3, 0.4) is 0 Å². The lowest BCUT2D eigenvalue weighted by Gasteiger charge is -2.06. The maximum atomic E-state index is 5.90. The Morgan fingerprint density at radius 3 is 2.75 bits per heavy atom. The van der Waals surface area contributed by atoms with Gasteiger partial charge in [-0.15, -0.1) is 0 Å². The fraction of sp³-hybridized carbons (Fsp3) is 0. The highest BCUT2D eigenvalue weighted by molar-refractivity contribution is 9.10. The molecule has 0 saturated carbocycles. The summed E-state index contributed by atoms with van der Waals surface area (Å²) in [5.74, 6) is 0. The normalized spacial score (nSPS) is 10.4. The summed E-state index contributed by atoms with van der Waals surface area (Å²) < 4.78 is 1.98. The van der Waals surface area contributed by atoms with Gasteiger partial charge in [0, 0.05) is 21.3 Å². The second kappa shape index (κ2) is 5.21. The van der Waals surface area contributed by atoms with Crippen molar-refractivity contribution in [1.82, 2.24) is 4.98 Å². The van der Waals surface area contributed by atoms with E-state index >= 15 is 0 Å². The first-order chi connectivity index (χ1) is 7.66. The quantitative estimate of drug-likeness (QED) is 0.810. The third kappa shape index (κ3) is 2.78. The Morgan fingerprint density at radius 1 is 1.19 bits per heavy atom. The van der Waals surface area contributed by atoms with Crippen LogP contribution < -0.4 is 5.73 Å². The van der Waals surface area contributed by atoms with Gasteiger partial charge in [0.1, 0.15) is 5.03 Å². The van der Waals surface area contributed by atoms with Crippen LogP contribution in [0.15, 0.2) is 55.4 Å². The third-order valence-electron chi connectivity index (χ3n) is 1.91. The van der Waals surface area contributed by atoms with Gasteiger partial charge < -0.3 is 5.73 Å². The molecule has 16 heavy (non-hydrogen) atoms. The average Bonchev–Trinajstić information content (AvgIpc) is 2.27. The summed E-state index contributed by atoms with van der Waals surface area (Å²) in [7, 11) is 0. The Hall–Kier alpha value is -0.520. The van der Waals surface area contributed by atoms with E-state index in [1.54, 1.807) is 18.0 Å². The van der Waals surface area contributed by atoms with E-state index < -0.39 is 0 Å². The molecule has 0 aliphatic carbocycles. The van der Waals surface area contributed by atoms with E-state index in [9.17, 15) is 0 Å². The molecule has 0 fully saturated rings. The Labute approximate surface area is 115 Å². The second-order valence-electron chi connectivity index (χ2n) is 3.07. The van der Waals surface area contributed by atoms with Gasteiger partial charge >= 0.3 is 0 Å². The van der Waals surface area contributed by atoms with Gasteiger partial charge in [-0.1, -0.05) is 27.7 Å². The molecule has 2 rings (SSSR count). The number of hydrogen-bond acceptors (Lipinski definition) is 3. The first kappa shape index (κ1) is 12.0. The van der Waals surface area contributed by atoms with Crippen molar-refractivity contribution in [1.29, 1.82) is 0 Å². The molecule has 82 valence electrons. The molecule has 2 nitrogen and oxygen atoms in total. The molecule has 0 aliphatic rings. The summed E-state index contributed by atoms with van der Waals surface area (Å²) in [5.41, 5.74) is 6.66. The van der Waals surface area contributed by atoms with Crippen LogP contribution in [-0.2, 0) is 0 Å². The number of hydrogen-bond donors (Lipinski definition) is 1. The van der Waals surface area contributed by atoms with Crippen molar-refractivity contribution in [2.75, 3.05) is 5.73 Å². The molecule has 0 spiro atoms. The molecule has 1 aromatic carbocycles. The van der Waals surface area contributed by atoms with Gasteiger partial charge in [0.2, 0.25) is 0 Å². The Balaban J connectivity index is 2.34. The van der Waals surface area contributed by atoms with Crippen LogP contribution in [0, 0.1) is 0 Å². The lowest BCUT2D eigenvalue weighted by atomic mass is 10.3. The summed E-state index contributed by atoms with van der Waals surface area (Å²) in [5, 5.41) is 0.910. The number of nitrogens with two attached hydrogens (primary N) is 1. The maximum Gasteiger partial charge on any atom is 0.115 e. The molecule has 0 aliphatic heterocycles. The molecule has 0 radical (unpaired) electrons. The molecule has 5 heteroatoms. The van der Waals surface area contributed by atoms with E-state index in [0.717, 1.165) is 24.6 Å². The molecule has 1 heterocycles. The van der Waals surface area contributed by atoms with Crippen LogP contribution in [0.2, 0.25) is 0 Å². The third-order valence-corrected chi connectivity index (χ3v) is 4.39. The van der Waals surface area contributed by atoms with Crippen molar-refractivity contribution < 1.29 is 0 Å². The lowest BCUT2D eigenvalue weighted by molar-refractivity contribution is 1.11. The number of pyridine rings is 1. The number of benzene rings is 1. The molecule has 0 unspecified atom stereocenters. The number of nitrogen functional groups attached to an aromatic ring is 1. The fourth-order valence-electron chi connectivity index (χ4n) is 1.15. The topological polar surface area (TPSA) is 38.9 Å². The maximum absolute atomic E-state index is 5.90. The van der Waals surface area contributed by atoms with Crippen LogP contribution in [0.5, 0.6) is 0 Å². The molecule has 0 saturated heterocycles. The highest BCUT2D eigenvalue weighted by Gasteiger charge is 2.06. The minimum absolute atomic E-state index is 0.755.